The average Bonchev–Trinajstić information content (AvgIpc) is 1.90. The van der Waals surface area contributed by atoms with Crippen molar-refractivity contribution in [3.63, 3.8) is 0 Å². The quantitative estimate of drug-likeness (QED) is 0.492. The van der Waals surface area contributed by atoms with Crippen LogP contribution in [-0.4, -0.2) is 19.4 Å². The highest BCUT2D eigenvalue weighted by molar-refractivity contribution is 5.53. The number of carbonyl (C=O) groups is 1. The summed E-state index contributed by atoms with van der Waals surface area (Å²) in [5.41, 5.74) is 0. The smallest absolute Gasteiger partial charge is 0.124 e. The Labute approximate surface area is 49.3 Å². The van der Waals surface area contributed by atoms with Gasteiger partial charge in [0.25, 0.3) is 0 Å². The van der Waals surface area contributed by atoms with Crippen LogP contribution in [0.25, 0.3) is 0 Å². The molecule has 0 aliphatic carbocycles. The first-order valence-electron chi connectivity index (χ1n) is 3.09. The van der Waals surface area contributed by atoms with E-state index >= 15 is 0 Å². The molecule has 8 heavy (non-hydrogen) atoms. The maximum atomic E-state index is 10.1. The maximum Gasteiger partial charge on any atom is 0.124 e. The van der Waals surface area contributed by atoms with Crippen molar-refractivity contribution in [2.24, 2.45) is 5.92 Å². The second-order valence-electron chi connectivity index (χ2n) is 2.24. The number of nitrogens with one attached hydrogen (secondary N) is 1. The highest BCUT2D eigenvalue weighted by atomic mass is 16.1. The Bertz CT molecular complexity index is 76.6. The summed E-state index contributed by atoms with van der Waals surface area (Å²) in [7, 11) is 0. The maximum absolute atomic E-state index is 10.1. The molecule has 0 aromatic rings. The molecule has 2 nitrogen and oxygen atoms in total. The number of piperidine rings is 1. The van der Waals surface area contributed by atoms with Gasteiger partial charge in [0.1, 0.15) is 6.29 Å². The summed E-state index contributed by atoms with van der Waals surface area (Å²) in [5.74, 6) is 0.295. The van der Waals surface area contributed by atoms with Gasteiger partial charge in [0.05, 0.1) is 0 Å². The molecule has 0 aromatic carbocycles. The first kappa shape index (κ1) is 5.76. The second kappa shape index (κ2) is 2.82. The Balaban J connectivity index is 2.22. The molecule has 0 bridgehead atoms. The molecule has 0 radical (unpaired) electrons. The van der Waals surface area contributed by atoms with E-state index < -0.39 is 0 Å². The van der Waals surface area contributed by atoms with Crippen LogP contribution in [0.4, 0.5) is 0 Å². The third-order valence-electron chi connectivity index (χ3n) is 1.53. The summed E-state index contributed by atoms with van der Waals surface area (Å²) in [6.45, 7) is 1.98. The van der Waals surface area contributed by atoms with E-state index in [0.29, 0.717) is 5.92 Å². The fourth-order valence-electron chi connectivity index (χ4n) is 0.995. The molecule has 46 valence electrons. The summed E-state index contributed by atoms with van der Waals surface area (Å²) in [6, 6.07) is 0. The van der Waals surface area contributed by atoms with Gasteiger partial charge in [-0.05, 0) is 19.4 Å². The fraction of sp³-hybridized carbons (Fsp3) is 0.833. The van der Waals surface area contributed by atoms with Gasteiger partial charge in [-0.3, -0.25) is 0 Å². The lowest BCUT2D eigenvalue weighted by molar-refractivity contribution is -0.111. The van der Waals surface area contributed by atoms with Gasteiger partial charge >= 0.3 is 0 Å². The average molecular weight is 113 g/mol. The molecular formula is C6H11NO. The SMILES string of the molecule is O=C[C@H]1CCCNC1. The highest BCUT2D eigenvalue weighted by Crippen LogP contribution is 2.05. The van der Waals surface area contributed by atoms with Crippen LogP contribution >= 0.6 is 0 Å². The summed E-state index contributed by atoms with van der Waals surface area (Å²) in [6.07, 6.45) is 3.28. The highest BCUT2D eigenvalue weighted by Gasteiger charge is 2.09. The van der Waals surface area contributed by atoms with E-state index in [1.807, 2.05) is 0 Å². The zero-order chi connectivity index (χ0) is 5.82. The third kappa shape index (κ3) is 1.30. The van der Waals surface area contributed by atoms with Crippen molar-refractivity contribution >= 4 is 6.29 Å². The Morgan fingerprint density at radius 3 is 2.88 bits per heavy atom. The molecule has 1 saturated heterocycles. The molecule has 1 atom stereocenters. The van der Waals surface area contributed by atoms with Gasteiger partial charge in [-0.25, -0.2) is 0 Å². The zero-order valence-corrected chi connectivity index (χ0v) is 4.89. The van der Waals surface area contributed by atoms with Gasteiger partial charge in [-0.15, -0.1) is 0 Å². The molecule has 1 heterocycles. The molecule has 0 saturated carbocycles. The van der Waals surface area contributed by atoms with Gasteiger partial charge in [0.15, 0.2) is 0 Å². The van der Waals surface area contributed by atoms with Crippen molar-refractivity contribution in [3.8, 4) is 0 Å². The van der Waals surface area contributed by atoms with E-state index in [0.717, 1.165) is 32.2 Å². The predicted molar refractivity (Wildman–Crippen MR) is 31.7 cm³/mol. The van der Waals surface area contributed by atoms with Crippen LogP contribution in [0, 0.1) is 5.92 Å². The summed E-state index contributed by atoms with van der Waals surface area (Å²) < 4.78 is 0. The van der Waals surface area contributed by atoms with Gasteiger partial charge in [-0.1, -0.05) is 0 Å². The molecule has 0 amide bonds. The lowest BCUT2D eigenvalue weighted by Gasteiger charge is -2.16. The van der Waals surface area contributed by atoms with Crippen LogP contribution in [0.1, 0.15) is 12.8 Å². The molecule has 1 aliphatic rings. The molecule has 1 N–H and O–H groups in total. The van der Waals surface area contributed by atoms with Crippen molar-refractivity contribution in [2.45, 2.75) is 12.8 Å². The summed E-state index contributed by atoms with van der Waals surface area (Å²) >= 11 is 0. The predicted octanol–water partition coefficient (Wildman–Crippen LogP) is 0.185. The van der Waals surface area contributed by atoms with E-state index in [1.54, 1.807) is 0 Å². The van der Waals surface area contributed by atoms with E-state index in [-0.39, 0.29) is 0 Å². The van der Waals surface area contributed by atoms with Crippen molar-refractivity contribution in [1.29, 1.82) is 0 Å². The van der Waals surface area contributed by atoms with E-state index in [4.69, 9.17) is 0 Å². The van der Waals surface area contributed by atoms with Gasteiger partial charge in [-0.2, -0.15) is 0 Å². The number of hydrogen-bond donors (Lipinski definition) is 1. The van der Waals surface area contributed by atoms with Gasteiger partial charge in [0.2, 0.25) is 0 Å². The van der Waals surface area contributed by atoms with Crippen LogP contribution < -0.4 is 5.32 Å². The first-order chi connectivity index (χ1) is 3.93. The molecule has 1 fully saturated rings. The number of aldehydes is 1. The summed E-state index contributed by atoms with van der Waals surface area (Å²) in [4.78, 5) is 10.1. The summed E-state index contributed by atoms with van der Waals surface area (Å²) in [5, 5.41) is 3.15. The molecule has 1 rings (SSSR count). The monoisotopic (exact) mass is 113 g/mol. The minimum atomic E-state index is 0.295. The van der Waals surface area contributed by atoms with Gasteiger partial charge < -0.3 is 10.1 Å². The largest absolute Gasteiger partial charge is 0.316 e. The zero-order valence-electron chi connectivity index (χ0n) is 4.89. The Hall–Kier alpha value is -0.370. The molecule has 2 heteroatoms. The van der Waals surface area contributed by atoms with Crippen LogP contribution in [0.2, 0.25) is 0 Å². The number of carbonyl (C=O) groups excluding carboxylic acids is 1. The van der Waals surface area contributed by atoms with E-state index in [2.05, 4.69) is 5.32 Å². The molecule has 0 aromatic heterocycles. The third-order valence-corrected chi connectivity index (χ3v) is 1.53. The lowest BCUT2D eigenvalue weighted by atomic mass is 10.0. The number of rotatable bonds is 1. The first-order valence-corrected chi connectivity index (χ1v) is 3.09. The van der Waals surface area contributed by atoms with Crippen LogP contribution in [0.15, 0.2) is 0 Å². The number of hydrogen-bond acceptors (Lipinski definition) is 2. The fourth-order valence-corrected chi connectivity index (χ4v) is 0.995. The van der Waals surface area contributed by atoms with E-state index in [9.17, 15) is 4.79 Å². The van der Waals surface area contributed by atoms with Crippen molar-refractivity contribution < 1.29 is 4.79 Å². The Morgan fingerprint density at radius 2 is 2.50 bits per heavy atom. The molecular weight excluding hydrogens is 102 g/mol. The minimum Gasteiger partial charge on any atom is -0.316 e. The van der Waals surface area contributed by atoms with Crippen LogP contribution in [0.5, 0.6) is 0 Å². The molecule has 0 spiro atoms. The lowest BCUT2D eigenvalue weighted by Crippen LogP contribution is -2.30. The second-order valence-corrected chi connectivity index (χ2v) is 2.24. The van der Waals surface area contributed by atoms with Crippen LogP contribution in [0.3, 0.4) is 0 Å². The molecule has 1 aliphatic heterocycles. The van der Waals surface area contributed by atoms with Crippen molar-refractivity contribution in [3.05, 3.63) is 0 Å². The Morgan fingerprint density at radius 1 is 1.62 bits per heavy atom. The van der Waals surface area contributed by atoms with Crippen molar-refractivity contribution in [1.82, 2.24) is 5.32 Å². The Kier molecular flexibility index (Phi) is 2.03. The van der Waals surface area contributed by atoms with Crippen molar-refractivity contribution in [2.75, 3.05) is 13.1 Å². The van der Waals surface area contributed by atoms with E-state index in [1.165, 1.54) is 0 Å². The minimum absolute atomic E-state index is 0.295. The normalized spacial score (nSPS) is 29.8. The van der Waals surface area contributed by atoms with Gasteiger partial charge in [0, 0.05) is 12.5 Å². The molecule has 0 unspecified atom stereocenters. The van der Waals surface area contributed by atoms with Crippen LogP contribution in [-0.2, 0) is 4.79 Å². The standard InChI is InChI=1S/C6H11NO/c8-5-6-2-1-3-7-4-6/h5-7H,1-4H2/t6-/m0/s1. The topological polar surface area (TPSA) is 29.1 Å².